The SMILES string of the molecule is CCC(C)OC(=O)Nc1ccc(C=O)cc1. The third-order valence-electron chi connectivity index (χ3n) is 2.18. The summed E-state index contributed by atoms with van der Waals surface area (Å²) in [7, 11) is 0. The van der Waals surface area contributed by atoms with Gasteiger partial charge in [-0.05, 0) is 37.6 Å². The molecule has 1 aromatic rings. The molecule has 0 fully saturated rings. The fourth-order valence-electron chi connectivity index (χ4n) is 1.06. The van der Waals surface area contributed by atoms with Crippen molar-refractivity contribution in [3.63, 3.8) is 0 Å². The van der Waals surface area contributed by atoms with Gasteiger partial charge in [-0.1, -0.05) is 6.92 Å². The third kappa shape index (κ3) is 3.73. The van der Waals surface area contributed by atoms with Crippen molar-refractivity contribution in [3.05, 3.63) is 29.8 Å². The average molecular weight is 221 g/mol. The van der Waals surface area contributed by atoms with Crippen LogP contribution < -0.4 is 5.32 Å². The van der Waals surface area contributed by atoms with Gasteiger partial charge in [0.05, 0.1) is 0 Å². The molecule has 0 bridgehead atoms. The molecule has 1 N–H and O–H groups in total. The Morgan fingerprint density at radius 1 is 1.44 bits per heavy atom. The summed E-state index contributed by atoms with van der Waals surface area (Å²) in [6, 6.07) is 6.57. The van der Waals surface area contributed by atoms with Gasteiger partial charge in [-0.2, -0.15) is 0 Å². The summed E-state index contributed by atoms with van der Waals surface area (Å²) in [6.45, 7) is 3.77. The minimum atomic E-state index is -0.479. The van der Waals surface area contributed by atoms with Crippen LogP contribution in [-0.2, 0) is 4.74 Å². The van der Waals surface area contributed by atoms with E-state index in [9.17, 15) is 9.59 Å². The van der Waals surface area contributed by atoms with E-state index in [4.69, 9.17) is 4.74 Å². The second-order valence-corrected chi connectivity index (χ2v) is 3.49. The number of benzene rings is 1. The minimum absolute atomic E-state index is 0.103. The maximum Gasteiger partial charge on any atom is 0.411 e. The van der Waals surface area contributed by atoms with Gasteiger partial charge in [-0.15, -0.1) is 0 Å². The van der Waals surface area contributed by atoms with E-state index < -0.39 is 6.09 Å². The van der Waals surface area contributed by atoms with Gasteiger partial charge in [0.2, 0.25) is 0 Å². The lowest BCUT2D eigenvalue weighted by atomic mass is 10.2. The van der Waals surface area contributed by atoms with Crippen LogP contribution in [0.1, 0.15) is 30.6 Å². The third-order valence-corrected chi connectivity index (χ3v) is 2.18. The lowest BCUT2D eigenvalue weighted by Gasteiger charge is -2.11. The van der Waals surface area contributed by atoms with E-state index in [0.29, 0.717) is 11.3 Å². The van der Waals surface area contributed by atoms with Crippen LogP contribution in [0.2, 0.25) is 0 Å². The summed E-state index contributed by atoms with van der Waals surface area (Å²) in [5.41, 5.74) is 1.18. The number of amides is 1. The number of rotatable bonds is 4. The van der Waals surface area contributed by atoms with Gasteiger partial charge in [0.25, 0.3) is 0 Å². The molecule has 1 amide bonds. The van der Waals surface area contributed by atoms with E-state index in [-0.39, 0.29) is 6.10 Å². The van der Waals surface area contributed by atoms with Gasteiger partial charge in [-0.25, -0.2) is 4.79 Å². The number of nitrogens with one attached hydrogen (secondary N) is 1. The molecule has 1 aromatic carbocycles. The van der Waals surface area contributed by atoms with Crippen molar-refractivity contribution in [2.45, 2.75) is 26.4 Å². The summed E-state index contributed by atoms with van der Waals surface area (Å²) in [4.78, 5) is 21.7. The zero-order valence-corrected chi connectivity index (χ0v) is 9.40. The molecule has 0 heterocycles. The number of carbonyl (C=O) groups excluding carboxylic acids is 2. The summed E-state index contributed by atoms with van der Waals surface area (Å²) >= 11 is 0. The lowest BCUT2D eigenvalue weighted by molar-refractivity contribution is 0.112. The largest absolute Gasteiger partial charge is 0.446 e. The molecule has 0 saturated heterocycles. The first kappa shape index (κ1) is 12.2. The van der Waals surface area contributed by atoms with Crippen molar-refractivity contribution in [3.8, 4) is 0 Å². The molecule has 1 atom stereocenters. The average Bonchev–Trinajstić information content (AvgIpc) is 2.29. The summed E-state index contributed by atoms with van der Waals surface area (Å²) < 4.78 is 5.04. The summed E-state index contributed by atoms with van der Waals surface area (Å²) in [5.74, 6) is 0. The molecule has 0 aliphatic carbocycles. The molecule has 0 saturated carbocycles. The number of anilines is 1. The second-order valence-electron chi connectivity index (χ2n) is 3.49. The monoisotopic (exact) mass is 221 g/mol. The molecule has 1 unspecified atom stereocenters. The molecule has 0 aromatic heterocycles. The summed E-state index contributed by atoms with van der Waals surface area (Å²) in [5, 5.41) is 2.58. The number of hydrogen-bond acceptors (Lipinski definition) is 3. The first-order chi connectivity index (χ1) is 7.65. The maximum atomic E-state index is 11.3. The highest BCUT2D eigenvalue weighted by molar-refractivity contribution is 5.85. The van der Waals surface area contributed by atoms with Crippen LogP contribution in [0.4, 0.5) is 10.5 Å². The van der Waals surface area contributed by atoms with Crippen molar-refractivity contribution >= 4 is 18.1 Å². The molecule has 1 rings (SSSR count). The molecule has 16 heavy (non-hydrogen) atoms. The topological polar surface area (TPSA) is 55.4 Å². The van der Waals surface area contributed by atoms with Crippen LogP contribution in [0.5, 0.6) is 0 Å². The quantitative estimate of drug-likeness (QED) is 0.795. The van der Waals surface area contributed by atoms with Crippen molar-refractivity contribution in [1.82, 2.24) is 0 Å². The number of carbonyl (C=O) groups is 2. The highest BCUT2D eigenvalue weighted by Crippen LogP contribution is 2.09. The molecule has 86 valence electrons. The van der Waals surface area contributed by atoms with Crippen molar-refractivity contribution < 1.29 is 14.3 Å². The Morgan fingerprint density at radius 3 is 2.56 bits per heavy atom. The van der Waals surface area contributed by atoms with Gasteiger partial charge in [0, 0.05) is 11.3 Å². The normalized spacial score (nSPS) is 11.6. The highest BCUT2D eigenvalue weighted by atomic mass is 16.6. The van der Waals surface area contributed by atoms with Gasteiger partial charge in [-0.3, -0.25) is 10.1 Å². The molecule has 0 spiro atoms. The summed E-state index contributed by atoms with van der Waals surface area (Å²) in [6.07, 6.45) is 0.945. The molecule has 4 heteroatoms. The van der Waals surface area contributed by atoms with E-state index in [1.54, 1.807) is 24.3 Å². The van der Waals surface area contributed by atoms with E-state index in [2.05, 4.69) is 5.32 Å². The van der Waals surface area contributed by atoms with Crippen LogP contribution in [0.15, 0.2) is 24.3 Å². The fourth-order valence-corrected chi connectivity index (χ4v) is 1.06. The van der Waals surface area contributed by atoms with Crippen LogP contribution in [-0.4, -0.2) is 18.5 Å². The molecule has 0 radical (unpaired) electrons. The van der Waals surface area contributed by atoms with Gasteiger partial charge in [0.15, 0.2) is 0 Å². The molecular weight excluding hydrogens is 206 g/mol. The minimum Gasteiger partial charge on any atom is -0.446 e. The predicted octanol–water partition coefficient (Wildman–Crippen LogP) is 2.85. The maximum absolute atomic E-state index is 11.3. The van der Waals surface area contributed by atoms with Crippen molar-refractivity contribution in [2.24, 2.45) is 0 Å². The molecule has 0 aliphatic rings. The Morgan fingerprint density at radius 2 is 2.06 bits per heavy atom. The fraction of sp³-hybridized carbons (Fsp3) is 0.333. The molecule has 4 nitrogen and oxygen atoms in total. The Balaban J connectivity index is 2.52. The van der Waals surface area contributed by atoms with Gasteiger partial charge < -0.3 is 4.74 Å². The number of ether oxygens (including phenoxy) is 1. The standard InChI is InChI=1S/C12H15NO3/c1-3-9(2)16-12(15)13-11-6-4-10(8-14)5-7-11/h4-9H,3H2,1-2H3,(H,13,15). The van der Waals surface area contributed by atoms with Crippen LogP contribution in [0.3, 0.4) is 0 Å². The molecule has 0 aliphatic heterocycles. The van der Waals surface area contributed by atoms with E-state index in [0.717, 1.165) is 12.7 Å². The zero-order chi connectivity index (χ0) is 12.0. The number of hydrogen-bond donors (Lipinski definition) is 1. The van der Waals surface area contributed by atoms with Gasteiger partial charge in [0.1, 0.15) is 12.4 Å². The Labute approximate surface area is 94.6 Å². The predicted molar refractivity (Wildman–Crippen MR) is 61.7 cm³/mol. The Hall–Kier alpha value is -1.84. The van der Waals surface area contributed by atoms with E-state index in [1.807, 2.05) is 13.8 Å². The van der Waals surface area contributed by atoms with Gasteiger partial charge >= 0.3 is 6.09 Å². The van der Waals surface area contributed by atoms with E-state index >= 15 is 0 Å². The van der Waals surface area contributed by atoms with Crippen molar-refractivity contribution in [1.29, 1.82) is 0 Å². The number of aldehydes is 1. The Bertz CT molecular complexity index is 359. The van der Waals surface area contributed by atoms with Crippen LogP contribution in [0, 0.1) is 0 Å². The zero-order valence-electron chi connectivity index (χ0n) is 9.40. The smallest absolute Gasteiger partial charge is 0.411 e. The van der Waals surface area contributed by atoms with Crippen LogP contribution in [0.25, 0.3) is 0 Å². The second kappa shape index (κ2) is 5.90. The van der Waals surface area contributed by atoms with Crippen LogP contribution >= 0.6 is 0 Å². The lowest BCUT2D eigenvalue weighted by Crippen LogP contribution is -2.19. The molecular formula is C12H15NO3. The first-order valence-electron chi connectivity index (χ1n) is 5.18. The first-order valence-corrected chi connectivity index (χ1v) is 5.18. The van der Waals surface area contributed by atoms with E-state index in [1.165, 1.54) is 0 Å². The van der Waals surface area contributed by atoms with Crippen molar-refractivity contribution in [2.75, 3.05) is 5.32 Å². The highest BCUT2D eigenvalue weighted by Gasteiger charge is 2.07. The Kier molecular flexibility index (Phi) is 4.51.